The van der Waals surface area contributed by atoms with Crippen molar-refractivity contribution in [1.29, 1.82) is 0 Å². The van der Waals surface area contributed by atoms with Crippen LogP contribution in [0.15, 0.2) is 29.2 Å². The Labute approximate surface area is 189 Å². The van der Waals surface area contributed by atoms with Gasteiger partial charge in [0.1, 0.15) is 5.82 Å². The summed E-state index contributed by atoms with van der Waals surface area (Å²) in [4.78, 5) is 60.4. The van der Waals surface area contributed by atoms with Gasteiger partial charge in [-0.1, -0.05) is 6.07 Å². The second kappa shape index (κ2) is 8.64. The van der Waals surface area contributed by atoms with Gasteiger partial charge in [0.2, 0.25) is 5.75 Å². The molecule has 11 nitrogen and oxygen atoms in total. The number of nitrogens with zero attached hydrogens (tertiary/aromatic N) is 4. The highest BCUT2D eigenvalue weighted by atomic mass is 16.3. The van der Waals surface area contributed by atoms with Crippen LogP contribution in [-0.4, -0.2) is 56.4 Å². The van der Waals surface area contributed by atoms with E-state index in [0.717, 1.165) is 0 Å². The molecule has 33 heavy (non-hydrogen) atoms. The van der Waals surface area contributed by atoms with Crippen molar-refractivity contribution < 1.29 is 19.5 Å². The molecule has 2 aliphatic heterocycles. The third kappa shape index (κ3) is 4.18. The molecule has 2 aromatic rings. The van der Waals surface area contributed by atoms with E-state index in [9.17, 15) is 24.3 Å². The van der Waals surface area contributed by atoms with E-state index in [4.69, 9.17) is 0 Å². The van der Waals surface area contributed by atoms with Gasteiger partial charge in [-0.2, -0.15) is 0 Å². The zero-order valence-electron chi connectivity index (χ0n) is 18.5. The van der Waals surface area contributed by atoms with Crippen LogP contribution in [0.5, 0.6) is 5.75 Å². The second-order valence-electron chi connectivity index (χ2n) is 8.73. The van der Waals surface area contributed by atoms with Crippen molar-refractivity contribution in [1.82, 2.24) is 30.1 Å². The van der Waals surface area contributed by atoms with Crippen LogP contribution in [0.25, 0.3) is 0 Å². The van der Waals surface area contributed by atoms with E-state index < -0.39 is 40.3 Å². The summed E-state index contributed by atoms with van der Waals surface area (Å²) >= 11 is 0. The van der Waals surface area contributed by atoms with Crippen molar-refractivity contribution in [3.8, 4) is 5.75 Å². The number of pyridine rings is 1. The molecule has 1 saturated carbocycles. The minimum Gasteiger partial charge on any atom is -0.501 e. The van der Waals surface area contributed by atoms with Crippen LogP contribution in [0.2, 0.25) is 0 Å². The van der Waals surface area contributed by atoms with Crippen LogP contribution in [-0.2, 0) is 28.2 Å². The summed E-state index contributed by atoms with van der Waals surface area (Å²) in [7, 11) is 2.95. The second-order valence-corrected chi connectivity index (χ2v) is 8.73. The number of hydrogen-bond acceptors (Lipinski definition) is 7. The van der Waals surface area contributed by atoms with E-state index in [-0.39, 0.29) is 18.3 Å². The molecule has 0 aromatic carbocycles. The van der Waals surface area contributed by atoms with Gasteiger partial charge in [0.25, 0.3) is 11.5 Å². The summed E-state index contributed by atoms with van der Waals surface area (Å²) in [5.74, 6) is -2.66. The van der Waals surface area contributed by atoms with Crippen LogP contribution in [0.1, 0.15) is 47.7 Å². The van der Waals surface area contributed by atoms with E-state index in [0.29, 0.717) is 37.9 Å². The van der Waals surface area contributed by atoms with Gasteiger partial charge in [0.15, 0.2) is 5.69 Å². The minimum atomic E-state index is -1.08. The van der Waals surface area contributed by atoms with E-state index in [1.54, 1.807) is 24.4 Å². The Hall–Kier alpha value is -3.76. The van der Waals surface area contributed by atoms with E-state index >= 15 is 0 Å². The third-order valence-electron chi connectivity index (χ3n) is 6.30. The molecule has 0 spiro atoms. The Kier molecular flexibility index (Phi) is 5.88. The molecule has 5 rings (SSSR count). The average molecular weight is 454 g/mol. The SMILES string of the molecule is CN(C)C(=O)C(=O)NC12CCC(CC1)Cn1c2nc(C(=O)NCc2ccccn2)c(O)c1=O. The van der Waals surface area contributed by atoms with Crippen molar-refractivity contribution in [3.63, 3.8) is 0 Å². The van der Waals surface area contributed by atoms with Gasteiger partial charge in [-0.3, -0.25) is 28.7 Å². The Morgan fingerprint density at radius 1 is 1.24 bits per heavy atom. The van der Waals surface area contributed by atoms with Gasteiger partial charge in [-0.25, -0.2) is 4.98 Å². The molecule has 174 valence electrons. The predicted molar refractivity (Wildman–Crippen MR) is 116 cm³/mol. The highest BCUT2D eigenvalue weighted by Crippen LogP contribution is 2.42. The van der Waals surface area contributed by atoms with Crippen molar-refractivity contribution in [3.05, 3.63) is 52.0 Å². The zero-order chi connectivity index (χ0) is 23.8. The third-order valence-corrected chi connectivity index (χ3v) is 6.30. The van der Waals surface area contributed by atoms with Crippen LogP contribution in [0.3, 0.4) is 0 Å². The normalized spacial score (nSPS) is 21.0. The van der Waals surface area contributed by atoms with Crippen LogP contribution in [0.4, 0.5) is 0 Å². The first kappa shape index (κ1) is 22.4. The highest BCUT2D eigenvalue weighted by Gasteiger charge is 2.46. The molecule has 11 heteroatoms. The maximum absolute atomic E-state index is 13.0. The number of rotatable bonds is 4. The van der Waals surface area contributed by atoms with Gasteiger partial charge >= 0.3 is 11.8 Å². The maximum atomic E-state index is 13.0. The van der Waals surface area contributed by atoms with Crippen LogP contribution >= 0.6 is 0 Å². The van der Waals surface area contributed by atoms with Gasteiger partial charge in [0.05, 0.1) is 17.8 Å². The molecular weight excluding hydrogens is 428 g/mol. The maximum Gasteiger partial charge on any atom is 0.311 e. The van der Waals surface area contributed by atoms with Crippen molar-refractivity contribution >= 4 is 17.7 Å². The number of hydrogen-bond donors (Lipinski definition) is 3. The topological polar surface area (TPSA) is 147 Å². The number of aromatic hydroxyl groups is 1. The number of carbonyl (C=O) groups excluding carboxylic acids is 3. The van der Waals surface area contributed by atoms with Crippen LogP contribution in [0, 0.1) is 5.92 Å². The lowest BCUT2D eigenvalue weighted by atomic mass is 9.77. The fraction of sp³-hybridized carbons (Fsp3) is 0.455. The zero-order valence-corrected chi connectivity index (χ0v) is 18.5. The lowest BCUT2D eigenvalue weighted by Crippen LogP contribution is -2.53. The first-order chi connectivity index (χ1) is 15.7. The monoisotopic (exact) mass is 454 g/mol. The fourth-order valence-electron chi connectivity index (χ4n) is 4.48. The molecule has 3 amide bonds. The molecule has 3 N–H and O–H groups in total. The number of amides is 3. The molecular formula is C22H26N6O5. The quantitative estimate of drug-likeness (QED) is 0.546. The molecule has 0 saturated heterocycles. The fourth-order valence-corrected chi connectivity index (χ4v) is 4.48. The Bertz CT molecular complexity index is 1150. The Morgan fingerprint density at radius 2 is 1.97 bits per heavy atom. The van der Waals surface area contributed by atoms with Gasteiger partial charge < -0.3 is 20.6 Å². The summed E-state index contributed by atoms with van der Waals surface area (Å²) in [6, 6.07) is 5.25. The van der Waals surface area contributed by atoms with E-state index in [1.165, 1.54) is 23.6 Å². The van der Waals surface area contributed by atoms with Crippen molar-refractivity contribution in [2.45, 2.75) is 44.3 Å². The lowest BCUT2D eigenvalue weighted by Gasteiger charge is -2.37. The predicted octanol–water partition coefficient (Wildman–Crippen LogP) is -0.123. The largest absolute Gasteiger partial charge is 0.501 e. The molecule has 1 fully saturated rings. The number of aromatic nitrogens is 3. The van der Waals surface area contributed by atoms with Gasteiger partial charge in [0, 0.05) is 26.8 Å². The minimum absolute atomic E-state index is 0.0838. The van der Waals surface area contributed by atoms with Gasteiger partial charge in [-0.15, -0.1) is 0 Å². The molecule has 2 bridgehead atoms. The molecule has 1 aliphatic carbocycles. The van der Waals surface area contributed by atoms with E-state index in [1.807, 2.05) is 0 Å². The van der Waals surface area contributed by atoms with Crippen LogP contribution < -0.4 is 16.2 Å². The van der Waals surface area contributed by atoms with Gasteiger partial charge in [-0.05, 0) is 43.7 Å². The average Bonchev–Trinajstić information content (AvgIpc) is 3.06. The molecule has 0 radical (unpaired) electrons. The first-order valence-electron chi connectivity index (χ1n) is 10.8. The standard InChI is InChI=1S/C22H26N6O5/c1-27(2)20(33)18(31)26-22-8-6-13(7-9-22)12-28-19(32)16(29)15(25-21(22)28)17(30)24-11-14-5-3-4-10-23-14/h3-5,10,13,29H,6-9,11-12H2,1-2H3,(H,24,30)(H,26,31). The first-order valence-corrected chi connectivity index (χ1v) is 10.8. The molecule has 3 aliphatic rings. The molecule has 2 aromatic heterocycles. The Balaban J connectivity index is 1.72. The van der Waals surface area contributed by atoms with Crippen molar-refractivity contribution in [2.75, 3.05) is 14.1 Å². The Morgan fingerprint density at radius 3 is 2.61 bits per heavy atom. The summed E-state index contributed by atoms with van der Waals surface area (Å²) in [5.41, 5.74) is -1.64. The molecule has 0 atom stereocenters. The van der Waals surface area contributed by atoms with E-state index in [2.05, 4.69) is 20.6 Å². The summed E-state index contributed by atoms with van der Waals surface area (Å²) in [6.45, 7) is 0.407. The number of fused-ring (bicyclic) bond motifs is 2. The number of nitrogens with one attached hydrogen (secondary N) is 2. The summed E-state index contributed by atoms with van der Waals surface area (Å²) in [6.07, 6.45) is 3.94. The number of carbonyl (C=O) groups is 3. The highest BCUT2D eigenvalue weighted by molar-refractivity contribution is 6.35. The summed E-state index contributed by atoms with van der Waals surface area (Å²) < 4.78 is 1.33. The smallest absolute Gasteiger partial charge is 0.311 e. The van der Waals surface area contributed by atoms with Crippen molar-refractivity contribution in [2.24, 2.45) is 5.92 Å². The number of likely N-dealkylation sites (N-methyl/N-ethyl adjacent to an activating group) is 1. The molecule has 4 heterocycles. The molecule has 0 unspecified atom stereocenters. The summed E-state index contributed by atoms with van der Waals surface area (Å²) in [5, 5.41) is 15.9. The lowest BCUT2D eigenvalue weighted by molar-refractivity contribution is -0.145.